The Balaban J connectivity index is 1.41. The van der Waals surface area contributed by atoms with E-state index in [0.29, 0.717) is 33.6 Å². The lowest BCUT2D eigenvalue weighted by Gasteiger charge is -2.32. The summed E-state index contributed by atoms with van der Waals surface area (Å²) in [5, 5.41) is 2.60. The monoisotopic (exact) mass is 531 g/mol. The van der Waals surface area contributed by atoms with E-state index in [1.807, 2.05) is 30.3 Å². The summed E-state index contributed by atoms with van der Waals surface area (Å²) >= 11 is 1.22. The van der Waals surface area contributed by atoms with Crippen molar-refractivity contribution in [2.24, 2.45) is 4.99 Å². The molecule has 0 aromatic heterocycles. The Hall–Kier alpha value is -4.31. The van der Waals surface area contributed by atoms with Crippen LogP contribution in [0.1, 0.15) is 29.3 Å². The SMILES string of the molecule is CCOC(=O)c1ccc(N=C2S[C@@H](C(=O)Nc3ccccc3)CC(=O)N2Cc2ccc3c(c2)OCO3)cc1. The fourth-order valence-electron chi connectivity index (χ4n) is 3.96. The Morgan fingerprint density at radius 1 is 1.05 bits per heavy atom. The summed E-state index contributed by atoms with van der Waals surface area (Å²) in [6, 6.07) is 21.2. The summed E-state index contributed by atoms with van der Waals surface area (Å²) in [7, 11) is 0. The molecule has 0 aliphatic carbocycles. The van der Waals surface area contributed by atoms with Crippen molar-refractivity contribution in [2.45, 2.75) is 25.1 Å². The van der Waals surface area contributed by atoms with E-state index in [9.17, 15) is 14.4 Å². The first-order chi connectivity index (χ1) is 18.5. The van der Waals surface area contributed by atoms with Crippen LogP contribution in [0, 0.1) is 0 Å². The molecule has 1 fully saturated rings. The Morgan fingerprint density at radius 2 is 1.82 bits per heavy atom. The summed E-state index contributed by atoms with van der Waals surface area (Å²) in [6.45, 7) is 2.43. The second kappa shape index (κ2) is 11.4. The van der Waals surface area contributed by atoms with Gasteiger partial charge in [-0.05, 0) is 61.0 Å². The van der Waals surface area contributed by atoms with Crippen LogP contribution in [0.2, 0.25) is 0 Å². The molecular formula is C28H25N3O6S. The molecule has 0 unspecified atom stereocenters. The third-order valence-corrected chi connectivity index (χ3v) is 7.04. The molecule has 194 valence electrons. The molecule has 3 aromatic carbocycles. The number of nitrogens with zero attached hydrogens (tertiary/aromatic N) is 2. The summed E-state index contributed by atoms with van der Waals surface area (Å²) in [4.78, 5) is 44.7. The van der Waals surface area contributed by atoms with E-state index in [0.717, 1.165) is 5.56 Å². The molecule has 9 nitrogen and oxygen atoms in total. The second-order valence-corrected chi connectivity index (χ2v) is 9.66. The first-order valence-corrected chi connectivity index (χ1v) is 13.0. The summed E-state index contributed by atoms with van der Waals surface area (Å²) in [5.74, 6) is 0.351. The average molecular weight is 532 g/mol. The molecule has 2 aliphatic rings. The van der Waals surface area contributed by atoms with Crippen molar-refractivity contribution in [3.05, 3.63) is 83.9 Å². The van der Waals surface area contributed by atoms with E-state index >= 15 is 0 Å². The van der Waals surface area contributed by atoms with Crippen molar-refractivity contribution in [3.63, 3.8) is 0 Å². The number of aliphatic imine (C=N–C) groups is 1. The molecule has 3 aromatic rings. The third-order valence-electron chi connectivity index (χ3n) is 5.85. The minimum Gasteiger partial charge on any atom is -0.462 e. The number of carbonyl (C=O) groups is 3. The largest absolute Gasteiger partial charge is 0.462 e. The van der Waals surface area contributed by atoms with Crippen molar-refractivity contribution in [1.29, 1.82) is 0 Å². The maximum Gasteiger partial charge on any atom is 0.338 e. The lowest BCUT2D eigenvalue weighted by Crippen LogP contribution is -2.44. The molecule has 38 heavy (non-hydrogen) atoms. The lowest BCUT2D eigenvalue weighted by molar-refractivity contribution is -0.129. The number of hydrogen-bond acceptors (Lipinski definition) is 8. The first-order valence-electron chi connectivity index (χ1n) is 12.1. The Labute approximate surface area is 223 Å². The number of carbonyl (C=O) groups excluding carboxylic acids is 3. The smallest absolute Gasteiger partial charge is 0.338 e. The number of amides is 2. The molecule has 10 heteroatoms. The Morgan fingerprint density at radius 3 is 2.58 bits per heavy atom. The van der Waals surface area contributed by atoms with Gasteiger partial charge in [0, 0.05) is 12.1 Å². The average Bonchev–Trinajstić information content (AvgIpc) is 3.39. The van der Waals surface area contributed by atoms with Gasteiger partial charge in [0.05, 0.1) is 24.4 Å². The second-order valence-electron chi connectivity index (χ2n) is 8.50. The van der Waals surface area contributed by atoms with Crippen LogP contribution < -0.4 is 14.8 Å². The van der Waals surface area contributed by atoms with E-state index in [1.165, 1.54) is 11.8 Å². The van der Waals surface area contributed by atoms with Gasteiger partial charge >= 0.3 is 5.97 Å². The predicted molar refractivity (Wildman–Crippen MR) is 144 cm³/mol. The van der Waals surface area contributed by atoms with E-state index in [2.05, 4.69) is 5.32 Å². The molecule has 1 saturated heterocycles. The van der Waals surface area contributed by atoms with Gasteiger partial charge in [-0.3, -0.25) is 14.5 Å². The van der Waals surface area contributed by atoms with Crippen LogP contribution in [0.15, 0.2) is 77.8 Å². The minimum absolute atomic E-state index is 0.0225. The summed E-state index contributed by atoms with van der Waals surface area (Å²) in [5.41, 5.74) is 2.43. The number of ether oxygens (including phenoxy) is 3. The zero-order chi connectivity index (χ0) is 26.5. The van der Waals surface area contributed by atoms with Crippen molar-refractivity contribution in [3.8, 4) is 11.5 Å². The zero-order valence-corrected chi connectivity index (χ0v) is 21.4. The van der Waals surface area contributed by atoms with Gasteiger partial charge in [0.1, 0.15) is 5.25 Å². The van der Waals surface area contributed by atoms with E-state index < -0.39 is 11.2 Å². The summed E-state index contributed by atoms with van der Waals surface area (Å²) < 4.78 is 15.9. The highest BCUT2D eigenvalue weighted by Gasteiger charge is 2.36. The van der Waals surface area contributed by atoms with Gasteiger partial charge < -0.3 is 19.5 Å². The van der Waals surface area contributed by atoms with Gasteiger partial charge in [-0.2, -0.15) is 0 Å². The van der Waals surface area contributed by atoms with Crippen molar-refractivity contribution in [2.75, 3.05) is 18.7 Å². The van der Waals surface area contributed by atoms with Gasteiger partial charge in [-0.15, -0.1) is 0 Å². The van der Waals surface area contributed by atoms with Gasteiger partial charge in [0.2, 0.25) is 18.6 Å². The number of para-hydroxylation sites is 1. The zero-order valence-electron chi connectivity index (χ0n) is 20.6. The molecule has 2 heterocycles. The standard InChI is InChI=1S/C28H25N3O6S/c1-2-35-27(34)19-9-11-21(12-10-19)30-28-31(16-18-8-13-22-23(14-18)37-17-36-22)25(32)15-24(38-28)26(33)29-20-6-4-3-5-7-20/h3-14,24H,2,15-17H2,1H3,(H,29,33)/t24-/m1/s1. The quantitative estimate of drug-likeness (QED) is 0.439. The number of esters is 1. The Bertz CT molecular complexity index is 1380. The van der Waals surface area contributed by atoms with Crippen LogP contribution >= 0.6 is 11.8 Å². The molecular weight excluding hydrogens is 506 g/mol. The number of hydrogen-bond donors (Lipinski definition) is 1. The van der Waals surface area contributed by atoms with Gasteiger partial charge in [0.25, 0.3) is 0 Å². The number of thioether (sulfide) groups is 1. The van der Waals surface area contributed by atoms with Crippen molar-refractivity contribution >= 4 is 46.1 Å². The first kappa shape index (κ1) is 25.3. The number of anilines is 1. The van der Waals surface area contributed by atoms with E-state index in [1.54, 1.807) is 54.3 Å². The summed E-state index contributed by atoms with van der Waals surface area (Å²) in [6.07, 6.45) is 0.0225. The molecule has 1 N–H and O–H groups in total. The molecule has 2 amide bonds. The van der Waals surface area contributed by atoms with Gasteiger partial charge in [-0.1, -0.05) is 36.0 Å². The van der Waals surface area contributed by atoms with Crippen molar-refractivity contribution in [1.82, 2.24) is 4.90 Å². The Kier molecular flexibility index (Phi) is 7.60. The maximum absolute atomic E-state index is 13.4. The molecule has 5 rings (SSSR count). The number of benzene rings is 3. The van der Waals surface area contributed by atoms with Crippen LogP contribution in [-0.2, 0) is 20.9 Å². The fourth-order valence-corrected chi connectivity index (χ4v) is 5.06. The van der Waals surface area contributed by atoms with Crippen LogP contribution in [0.3, 0.4) is 0 Å². The van der Waals surface area contributed by atoms with Crippen LogP contribution in [0.4, 0.5) is 11.4 Å². The van der Waals surface area contributed by atoms with Gasteiger partial charge in [0.15, 0.2) is 16.7 Å². The minimum atomic E-state index is -0.659. The highest BCUT2D eigenvalue weighted by atomic mass is 32.2. The molecule has 0 radical (unpaired) electrons. The number of amidine groups is 1. The topological polar surface area (TPSA) is 107 Å². The lowest BCUT2D eigenvalue weighted by atomic mass is 10.1. The molecule has 2 aliphatic heterocycles. The fraction of sp³-hybridized carbons (Fsp3) is 0.214. The van der Waals surface area contributed by atoms with Crippen LogP contribution in [0.5, 0.6) is 11.5 Å². The highest BCUT2D eigenvalue weighted by molar-refractivity contribution is 8.15. The normalized spacial score (nSPS) is 17.4. The molecule has 0 saturated carbocycles. The highest BCUT2D eigenvalue weighted by Crippen LogP contribution is 2.35. The maximum atomic E-state index is 13.4. The van der Waals surface area contributed by atoms with Gasteiger partial charge in [-0.25, -0.2) is 9.79 Å². The molecule has 1 atom stereocenters. The van der Waals surface area contributed by atoms with Crippen LogP contribution in [0.25, 0.3) is 0 Å². The van der Waals surface area contributed by atoms with E-state index in [-0.39, 0.29) is 38.2 Å². The molecule has 0 spiro atoms. The predicted octanol–water partition coefficient (Wildman–Crippen LogP) is 4.75. The third kappa shape index (κ3) is 5.81. The number of nitrogens with one attached hydrogen (secondary N) is 1. The number of rotatable bonds is 7. The number of fused-ring (bicyclic) bond motifs is 1. The van der Waals surface area contributed by atoms with Crippen LogP contribution in [-0.4, -0.2) is 46.5 Å². The van der Waals surface area contributed by atoms with Crippen molar-refractivity contribution < 1.29 is 28.6 Å². The molecule has 0 bridgehead atoms. The van der Waals surface area contributed by atoms with E-state index in [4.69, 9.17) is 19.2 Å².